The van der Waals surface area contributed by atoms with Gasteiger partial charge in [-0.05, 0) is 37.9 Å². The number of hydrogen-bond donors (Lipinski definition) is 1. The zero-order valence-electron chi connectivity index (χ0n) is 12.2. The van der Waals surface area contributed by atoms with Crippen LogP contribution in [0.15, 0.2) is 29.2 Å². The van der Waals surface area contributed by atoms with Gasteiger partial charge in [0.25, 0.3) is 0 Å². The average Bonchev–Trinajstić information content (AvgIpc) is 2.71. The minimum atomic E-state index is -4.94. The van der Waals surface area contributed by atoms with Crippen molar-refractivity contribution in [1.82, 2.24) is 9.62 Å². The highest BCUT2D eigenvalue weighted by atomic mass is 32.2. The number of nitrogens with one attached hydrogen (secondary N) is 1. The number of hydrogen-bond acceptors (Lipinski definition) is 4. The maximum atomic E-state index is 13.0. The summed E-state index contributed by atoms with van der Waals surface area (Å²) in [6.45, 7) is 1.21. The third-order valence-electron chi connectivity index (χ3n) is 4.22. The molecule has 2 saturated heterocycles. The molecule has 0 radical (unpaired) electrons. The topological polar surface area (TPSA) is 58.6 Å². The predicted molar refractivity (Wildman–Crippen MR) is 76.4 cm³/mol. The molecule has 1 aromatic rings. The zero-order chi connectivity index (χ0) is 16.7. The number of para-hydroxylation sites is 1. The van der Waals surface area contributed by atoms with Gasteiger partial charge in [-0.1, -0.05) is 12.1 Å². The quantitative estimate of drug-likeness (QED) is 0.907. The van der Waals surface area contributed by atoms with Crippen molar-refractivity contribution in [3.63, 3.8) is 0 Å². The maximum Gasteiger partial charge on any atom is 0.573 e. The van der Waals surface area contributed by atoms with Crippen LogP contribution in [0.3, 0.4) is 0 Å². The first kappa shape index (κ1) is 16.5. The van der Waals surface area contributed by atoms with E-state index < -0.39 is 27.0 Å². The van der Waals surface area contributed by atoms with Crippen LogP contribution in [-0.2, 0) is 10.0 Å². The van der Waals surface area contributed by atoms with Crippen molar-refractivity contribution in [2.45, 2.75) is 42.6 Å². The first-order chi connectivity index (χ1) is 10.8. The van der Waals surface area contributed by atoms with Crippen molar-refractivity contribution in [1.29, 1.82) is 0 Å². The molecule has 0 aliphatic carbocycles. The Kier molecular flexibility index (Phi) is 4.28. The number of nitrogens with zero attached hydrogens (tertiary/aromatic N) is 1. The van der Waals surface area contributed by atoms with Gasteiger partial charge in [0.2, 0.25) is 10.0 Å². The molecule has 2 atom stereocenters. The minimum absolute atomic E-state index is 0.182. The van der Waals surface area contributed by atoms with Gasteiger partial charge in [0.1, 0.15) is 10.6 Å². The molecule has 2 heterocycles. The van der Waals surface area contributed by atoms with Crippen LogP contribution in [0.4, 0.5) is 13.2 Å². The van der Waals surface area contributed by atoms with Crippen molar-refractivity contribution in [3.05, 3.63) is 24.3 Å². The first-order valence-electron chi connectivity index (χ1n) is 7.38. The lowest BCUT2D eigenvalue weighted by Gasteiger charge is -2.27. The van der Waals surface area contributed by atoms with E-state index in [-0.39, 0.29) is 12.1 Å². The van der Waals surface area contributed by atoms with Crippen molar-refractivity contribution >= 4 is 10.0 Å². The molecule has 2 bridgehead atoms. The van der Waals surface area contributed by atoms with E-state index in [1.807, 2.05) is 0 Å². The SMILES string of the molecule is O=S(=O)(c1ccccc1OC(F)(F)F)N1C2CCNCC1CC2. The third kappa shape index (κ3) is 3.31. The minimum Gasteiger partial charge on any atom is -0.404 e. The van der Waals surface area contributed by atoms with Gasteiger partial charge in [0.05, 0.1) is 0 Å². The Morgan fingerprint density at radius 3 is 2.57 bits per heavy atom. The first-order valence-corrected chi connectivity index (χ1v) is 8.82. The standard InChI is InChI=1S/C14H17F3N2O3S/c15-14(16,17)22-12-3-1-2-4-13(12)23(20,21)19-10-5-6-11(19)9-18-8-7-10/h1-4,10-11,18H,5-9H2. The van der Waals surface area contributed by atoms with Crippen LogP contribution >= 0.6 is 0 Å². The zero-order valence-corrected chi connectivity index (χ0v) is 13.0. The largest absolute Gasteiger partial charge is 0.573 e. The van der Waals surface area contributed by atoms with Gasteiger partial charge >= 0.3 is 6.36 Å². The summed E-state index contributed by atoms with van der Waals surface area (Å²) in [6.07, 6.45) is -2.85. The Bertz CT molecular complexity index is 664. The van der Waals surface area contributed by atoms with Gasteiger partial charge in [-0.15, -0.1) is 13.2 Å². The van der Waals surface area contributed by atoms with E-state index in [0.29, 0.717) is 25.9 Å². The lowest BCUT2D eigenvalue weighted by molar-refractivity contribution is -0.275. The number of fused-ring (bicyclic) bond motifs is 2. The molecule has 0 amide bonds. The van der Waals surface area contributed by atoms with Gasteiger partial charge < -0.3 is 10.1 Å². The molecule has 9 heteroatoms. The fourth-order valence-electron chi connectivity index (χ4n) is 3.32. The van der Waals surface area contributed by atoms with Crippen molar-refractivity contribution in [2.24, 2.45) is 0 Å². The maximum absolute atomic E-state index is 13.0. The second-order valence-electron chi connectivity index (χ2n) is 5.71. The Morgan fingerprint density at radius 2 is 1.83 bits per heavy atom. The van der Waals surface area contributed by atoms with Gasteiger partial charge in [-0.2, -0.15) is 4.31 Å². The van der Waals surface area contributed by atoms with Gasteiger partial charge in [0.15, 0.2) is 0 Å². The molecule has 3 rings (SSSR count). The summed E-state index contributed by atoms with van der Waals surface area (Å²) in [4.78, 5) is -0.434. The predicted octanol–water partition coefficient (Wildman–Crippen LogP) is 2.10. The van der Waals surface area contributed by atoms with E-state index in [2.05, 4.69) is 10.1 Å². The number of ether oxygens (including phenoxy) is 1. The Morgan fingerprint density at radius 1 is 1.13 bits per heavy atom. The van der Waals surface area contributed by atoms with Crippen LogP contribution in [0.5, 0.6) is 5.75 Å². The van der Waals surface area contributed by atoms with E-state index in [1.54, 1.807) is 0 Å². The Labute approximate surface area is 132 Å². The van der Waals surface area contributed by atoms with Crippen molar-refractivity contribution in [2.75, 3.05) is 13.1 Å². The molecule has 2 fully saturated rings. The van der Waals surface area contributed by atoms with Crippen LogP contribution < -0.4 is 10.1 Å². The highest BCUT2D eigenvalue weighted by Crippen LogP contribution is 2.37. The molecule has 5 nitrogen and oxygen atoms in total. The molecule has 2 aliphatic heterocycles. The van der Waals surface area contributed by atoms with Crippen LogP contribution in [0, 0.1) is 0 Å². The number of rotatable bonds is 3. The lowest BCUT2D eigenvalue weighted by Crippen LogP contribution is -2.42. The monoisotopic (exact) mass is 350 g/mol. The summed E-state index contributed by atoms with van der Waals surface area (Å²) in [6, 6.07) is 4.49. The van der Waals surface area contributed by atoms with Crippen LogP contribution in [-0.4, -0.2) is 44.3 Å². The highest BCUT2D eigenvalue weighted by Gasteiger charge is 2.44. The molecule has 1 aromatic carbocycles. The van der Waals surface area contributed by atoms with Gasteiger partial charge in [-0.25, -0.2) is 8.42 Å². The lowest BCUT2D eigenvalue weighted by atomic mass is 10.1. The third-order valence-corrected chi connectivity index (χ3v) is 6.26. The fourth-order valence-corrected chi connectivity index (χ4v) is 5.33. The molecule has 2 aliphatic rings. The summed E-state index contributed by atoms with van der Waals surface area (Å²) in [5.74, 6) is -0.684. The molecule has 0 spiro atoms. The molecule has 0 aromatic heterocycles. The van der Waals surface area contributed by atoms with Crippen LogP contribution in [0.1, 0.15) is 19.3 Å². The summed E-state index contributed by atoms with van der Waals surface area (Å²) >= 11 is 0. The summed E-state index contributed by atoms with van der Waals surface area (Å²) < 4.78 is 68.8. The normalized spacial score (nSPS) is 26.0. The van der Waals surface area contributed by atoms with E-state index in [1.165, 1.54) is 16.4 Å². The van der Waals surface area contributed by atoms with Crippen molar-refractivity contribution < 1.29 is 26.3 Å². The fraction of sp³-hybridized carbons (Fsp3) is 0.571. The molecule has 128 valence electrons. The van der Waals surface area contributed by atoms with Crippen molar-refractivity contribution in [3.8, 4) is 5.75 Å². The van der Waals surface area contributed by atoms with Crippen LogP contribution in [0.2, 0.25) is 0 Å². The molecule has 0 saturated carbocycles. The summed E-state index contributed by atoms with van der Waals surface area (Å²) in [5.41, 5.74) is 0. The highest BCUT2D eigenvalue weighted by molar-refractivity contribution is 7.89. The van der Waals surface area contributed by atoms with Gasteiger partial charge in [-0.3, -0.25) is 0 Å². The van der Waals surface area contributed by atoms with E-state index in [4.69, 9.17) is 0 Å². The van der Waals surface area contributed by atoms with E-state index in [9.17, 15) is 21.6 Å². The second-order valence-corrected chi connectivity index (χ2v) is 7.52. The number of benzene rings is 1. The van der Waals surface area contributed by atoms with Crippen LogP contribution in [0.25, 0.3) is 0 Å². The molecular formula is C14H17F3N2O3S. The molecule has 1 N–H and O–H groups in total. The average molecular weight is 350 g/mol. The summed E-state index contributed by atoms with van der Waals surface area (Å²) in [5, 5.41) is 3.17. The number of sulfonamides is 1. The van der Waals surface area contributed by atoms with E-state index >= 15 is 0 Å². The Hall–Kier alpha value is -1.32. The number of alkyl halides is 3. The smallest absolute Gasteiger partial charge is 0.404 e. The molecule has 2 unspecified atom stereocenters. The van der Waals surface area contributed by atoms with Gasteiger partial charge in [0, 0.05) is 18.6 Å². The summed E-state index contributed by atoms with van der Waals surface area (Å²) in [7, 11) is -4.06. The second kappa shape index (κ2) is 5.95. The Balaban J connectivity index is 2.00. The molecule has 23 heavy (non-hydrogen) atoms. The number of halogens is 3. The molecular weight excluding hydrogens is 333 g/mol. The van der Waals surface area contributed by atoms with E-state index in [0.717, 1.165) is 18.6 Å².